The van der Waals surface area contributed by atoms with Gasteiger partial charge in [0.15, 0.2) is 0 Å². The zero-order valence-corrected chi connectivity index (χ0v) is 11.8. The van der Waals surface area contributed by atoms with Crippen molar-refractivity contribution in [1.82, 2.24) is 10.2 Å². The number of nitro benzene ring substituents is 2. The molecule has 0 aromatic heterocycles. The van der Waals surface area contributed by atoms with E-state index in [2.05, 4.69) is 10.2 Å². The van der Waals surface area contributed by atoms with Crippen LogP contribution in [0.1, 0.15) is 18.4 Å². The van der Waals surface area contributed by atoms with Crippen LogP contribution in [0.4, 0.5) is 11.4 Å². The largest absolute Gasteiger partial charge is 0.315 e. The molecule has 1 saturated heterocycles. The van der Waals surface area contributed by atoms with Gasteiger partial charge in [0.05, 0.1) is 15.9 Å². The molecule has 1 aliphatic heterocycles. The highest BCUT2D eigenvalue weighted by Crippen LogP contribution is 2.26. The smallest absolute Gasteiger partial charge is 0.280 e. The highest BCUT2D eigenvalue weighted by Gasteiger charge is 2.23. The summed E-state index contributed by atoms with van der Waals surface area (Å²) in [5.74, 6) is 0. The number of hydrogen-bond donors (Lipinski definition) is 1. The van der Waals surface area contributed by atoms with Gasteiger partial charge in [0.2, 0.25) is 0 Å². The molecule has 1 unspecified atom stereocenters. The van der Waals surface area contributed by atoms with Crippen LogP contribution in [0.2, 0.25) is 0 Å². The van der Waals surface area contributed by atoms with Crippen LogP contribution in [0.3, 0.4) is 0 Å². The standard InChI is InChI=1S/C13H18N4O4/c1-15(12-3-2-6-14-8-12)9-10-4-5-11(16(18)19)7-13(10)17(20)21/h4-5,7,12,14H,2-3,6,8-9H2,1H3. The van der Waals surface area contributed by atoms with Gasteiger partial charge in [-0.1, -0.05) is 0 Å². The first-order chi connectivity index (χ1) is 9.99. The van der Waals surface area contributed by atoms with Crippen LogP contribution in [0.15, 0.2) is 18.2 Å². The van der Waals surface area contributed by atoms with Crippen LogP contribution in [0.25, 0.3) is 0 Å². The van der Waals surface area contributed by atoms with Crippen molar-refractivity contribution in [3.63, 3.8) is 0 Å². The van der Waals surface area contributed by atoms with Crippen LogP contribution >= 0.6 is 0 Å². The van der Waals surface area contributed by atoms with E-state index in [4.69, 9.17) is 0 Å². The third-order valence-corrected chi connectivity index (χ3v) is 3.79. The molecule has 114 valence electrons. The van der Waals surface area contributed by atoms with Crippen molar-refractivity contribution in [3.05, 3.63) is 44.0 Å². The number of hydrogen-bond acceptors (Lipinski definition) is 6. The summed E-state index contributed by atoms with van der Waals surface area (Å²) in [6.45, 7) is 2.26. The molecule has 21 heavy (non-hydrogen) atoms. The summed E-state index contributed by atoms with van der Waals surface area (Å²) in [5.41, 5.74) is 0.0472. The molecular formula is C13H18N4O4. The fraction of sp³-hybridized carbons (Fsp3) is 0.538. The van der Waals surface area contributed by atoms with Crippen molar-refractivity contribution in [2.75, 3.05) is 20.1 Å². The fourth-order valence-electron chi connectivity index (χ4n) is 2.58. The van der Waals surface area contributed by atoms with Gasteiger partial charge < -0.3 is 5.32 Å². The average Bonchev–Trinajstić information content (AvgIpc) is 2.48. The van der Waals surface area contributed by atoms with Gasteiger partial charge in [0.1, 0.15) is 0 Å². The van der Waals surface area contributed by atoms with E-state index in [0.29, 0.717) is 18.2 Å². The van der Waals surface area contributed by atoms with Crippen molar-refractivity contribution < 1.29 is 9.85 Å². The SMILES string of the molecule is CN(Cc1ccc([N+](=O)[O-])cc1[N+](=O)[O-])C1CCCNC1. The summed E-state index contributed by atoms with van der Waals surface area (Å²) in [4.78, 5) is 22.7. The average molecular weight is 294 g/mol. The molecular weight excluding hydrogens is 276 g/mol. The lowest BCUT2D eigenvalue weighted by Crippen LogP contribution is -2.43. The Morgan fingerprint density at radius 3 is 2.67 bits per heavy atom. The number of nitrogens with zero attached hydrogens (tertiary/aromatic N) is 3. The van der Waals surface area contributed by atoms with Crippen molar-refractivity contribution in [1.29, 1.82) is 0 Å². The van der Waals surface area contributed by atoms with E-state index in [-0.39, 0.29) is 11.4 Å². The molecule has 1 N–H and O–H groups in total. The Labute approximate surface area is 122 Å². The maximum absolute atomic E-state index is 11.1. The second-order valence-electron chi connectivity index (χ2n) is 5.24. The number of likely N-dealkylation sites (N-methyl/N-ethyl adjacent to an activating group) is 1. The first-order valence-corrected chi connectivity index (χ1v) is 6.81. The number of benzene rings is 1. The summed E-state index contributed by atoms with van der Waals surface area (Å²) in [6.07, 6.45) is 2.13. The third-order valence-electron chi connectivity index (χ3n) is 3.79. The van der Waals surface area contributed by atoms with Gasteiger partial charge in [-0.3, -0.25) is 25.1 Å². The lowest BCUT2D eigenvalue weighted by atomic mass is 10.0. The quantitative estimate of drug-likeness (QED) is 0.655. The van der Waals surface area contributed by atoms with Crippen molar-refractivity contribution in [2.24, 2.45) is 0 Å². The van der Waals surface area contributed by atoms with Crippen LogP contribution in [-0.2, 0) is 6.54 Å². The molecule has 1 aromatic rings. The predicted octanol–water partition coefficient (Wildman–Crippen LogP) is 1.69. The lowest BCUT2D eigenvalue weighted by Gasteiger charge is -2.31. The molecule has 0 spiro atoms. The topological polar surface area (TPSA) is 102 Å². The minimum atomic E-state index is -0.619. The minimum Gasteiger partial charge on any atom is -0.315 e. The van der Waals surface area contributed by atoms with Gasteiger partial charge in [-0.05, 0) is 32.5 Å². The van der Waals surface area contributed by atoms with E-state index in [1.165, 1.54) is 12.1 Å². The summed E-state index contributed by atoms with van der Waals surface area (Å²) < 4.78 is 0. The monoisotopic (exact) mass is 294 g/mol. The number of piperidine rings is 1. The summed E-state index contributed by atoms with van der Waals surface area (Å²) in [5, 5.41) is 25.1. The summed E-state index contributed by atoms with van der Waals surface area (Å²) >= 11 is 0. The zero-order chi connectivity index (χ0) is 15.4. The van der Waals surface area contributed by atoms with E-state index >= 15 is 0 Å². The molecule has 8 nitrogen and oxygen atoms in total. The third kappa shape index (κ3) is 3.73. The molecule has 1 aliphatic rings. The number of rotatable bonds is 5. The van der Waals surface area contributed by atoms with E-state index in [1.54, 1.807) is 0 Å². The van der Waals surface area contributed by atoms with Crippen molar-refractivity contribution >= 4 is 11.4 Å². The molecule has 8 heteroatoms. The van der Waals surface area contributed by atoms with Gasteiger partial charge in [-0.2, -0.15) is 0 Å². The van der Waals surface area contributed by atoms with Gasteiger partial charge in [0.25, 0.3) is 11.4 Å². The number of nitrogens with one attached hydrogen (secondary N) is 1. The maximum atomic E-state index is 11.1. The molecule has 0 amide bonds. The molecule has 1 atom stereocenters. The van der Waals surface area contributed by atoms with Gasteiger partial charge >= 0.3 is 0 Å². The van der Waals surface area contributed by atoms with E-state index in [9.17, 15) is 20.2 Å². The van der Waals surface area contributed by atoms with Crippen molar-refractivity contribution in [2.45, 2.75) is 25.4 Å². The molecule has 0 radical (unpaired) electrons. The van der Waals surface area contributed by atoms with Gasteiger partial charge in [-0.25, -0.2) is 0 Å². The lowest BCUT2D eigenvalue weighted by molar-refractivity contribution is -0.394. The Bertz CT molecular complexity index is 543. The molecule has 1 fully saturated rings. The summed E-state index contributed by atoms with van der Waals surface area (Å²) in [6, 6.07) is 4.15. The first kappa shape index (κ1) is 15.3. The molecule has 0 saturated carbocycles. The van der Waals surface area contributed by atoms with Crippen LogP contribution in [-0.4, -0.2) is 40.9 Å². The van der Waals surface area contributed by atoms with Gasteiger partial charge in [-0.15, -0.1) is 0 Å². The summed E-state index contributed by atoms with van der Waals surface area (Å²) in [7, 11) is 1.92. The number of non-ortho nitro benzene ring substituents is 1. The molecule has 2 rings (SSSR count). The van der Waals surface area contributed by atoms with E-state index < -0.39 is 9.85 Å². The first-order valence-electron chi connectivity index (χ1n) is 6.81. The van der Waals surface area contributed by atoms with Crippen molar-refractivity contribution in [3.8, 4) is 0 Å². The molecule has 0 aliphatic carbocycles. The van der Waals surface area contributed by atoms with E-state index in [1.807, 2.05) is 7.05 Å². The Balaban J connectivity index is 2.18. The maximum Gasteiger partial charge on any atom is 0.280 e. The van der Waals surface area contributed by atoms with E-state index in [0.717, 1.165) is 32.0 Å². The zero-order valence-electron chi connectivity index (χ0n) is 11.8. The second-order valence-corrected chi connectivity index (χ2v) is 5.24. The second kappa shape index (κ2) is 6.59. The molecule has 0 bridgehead atoms. The Morgan fingerprint density at radius 2 is 2.10 bits per heavy atom. The highest BCUT2D eigenvalue weighted by molar-refractivity contribution is 5.49. The Morgan fingerprint density at radius 1 is 1.33 bits per heavy atom. The van der Waals surface area contributed by atoms with Crippen LogP contribution < -0.4 is 5.32 Å². The van der Waals surface area contributed by atoms with Crippen LogP contribution in [0, 0.1) is 20.2 Å². The normalized spacial score (nSPS) is 18.7. The molecule has 1 aromatic carbocycles. The molecule has 1 heterocycles. The van der Waals surface area contributed by atoms with Gasteiger partial charge in [0, 0.05) is 30.8 Å². The predicted molar refractivity (Wildman–Crippen MR) is 77.1 cm³/mol. The fourth-order valence-corrected chi connectivity index (χ4v) is 2.58. The number of nitro groups is 2. The highest BCUT2D eigenvalue weighted by atomic mass is 16.6. The minimum absolute atomic E-state index is 0.195. The Hall–Kier alpha value is -2.06. The Kier molecular flexibility index (Phi) is 4.81. The van der Waals surface area contributed by atoms with Crippen LogP contribution in [0.5, 0.6) is 0 Å².